The van der Waals surface area contributed by atoms with Crippen molar-refractivity contribution in [3.05, 3.63) is 27.1 Å². The van der Waals surface area contributed by atoms with Gasteiger partial charge in [0.25, 0.3) is 0 Å². The topological polar surface area (TPSA) is 37.4 Å². The Morgan fingerprint density at radius 2 is 1.79 bits per heavy atom. The predicted octanol–water partition coefficient (Wildman–Crippen LogP) is 4.27. The average molecular weight is 413 g/mol. The summed E-state index contributed by atoms with van der Waals surface area (Å²) in [5.41, 5.74) is 0. The van der Waals surface area contributed by atoms with E-state index in [-0.39, 0.29) is 6.04 Å². The van der Waals surface area contributed by atoms with Gasteiger partial charge < -0.3 is 0 Å². The minimum atomic E-state index is -3.47. The number of hydrogen-bond donors (Lipinski definition) is 0. The summed E-state index contributed by atoms with van der Waals surface area (Å²) in [6.07, 6.45) is 0.837. The largest absolute Gasteiger partial charge is 0.244 e. The third-order valence-electron chi connectivity index (χ3n) is 2.98. The van der Waals surface area contributed by atoms with Crippen LogP contribution < -0.4 is 0 Å². The molecule has 1 rings (SSSR count). The second-order valence-corrected chi connectivity index (χ2v) is 8.81. The van der Waals surface area contributed by atoms with Gasteiger partial charge in [-0.2, -0.15) is 4.31 Å². The Hall–Kier alpha value is 0.0900. The third-order valence-corrected chi connectivity index (χ3v) is 6.43. The molecule has 0 aliphatic carbocycles. The summed E-state index contributed by atoms with van der Waals surface area (Å²) in [6, 6.07) is 5.06. The van der Waals surface area contributed by atoms with Crippen LogP contribution in [0.4, 0.5) is 0 Å². The first kappa shape index (κ1) is 17.1. The summed E-state index contributed by atoms with van der Waals surface area (Å²) >= 11 is 6.64. The van der Waals surface area contributed by atoms with E-state index in [4.69, 9.17) is 0 Å². The first-order valence-electron chi connectivity index (χ1n) is 6.09. The molecule has 1 aromatic rings. The van der Waals surface area contributed by atoms with Gasteiger partial charge in [-0.05, 0) is 53.4 Å². The molecule has 0 fully saturated rings. The maximum absolute atomic E-state index is 12.6. The minimum Gasteiger partial charge on any atom is -0.207 e. The van der Waals surface area contributed by atoms with Crippen LogP contribution in [0.1, 0.15) is 27.2 Å². The molecule has 1 unspecified atom stereocenters. The molecule has 1 atom stereocenters. The number of sulfonamides is 1. The van der Waals surface area contributed by atoms with Crippen LogP contribution in [0.5, 0.6) is 0 Å². The molecule has 0 amide bonds. The lowest BCUT2D eigenvalue weighted by molar-refractivity contribution is 0.337. The summed E-state index contributed by atoms with van der Waals surface area (Å²) in [5.74, 6) is 0.459. The highest BCUT2D eigenvalue weighted by molar-refractivity contribution is 9.11. The Kier molecular flexibility index (Phi) is 6.04. The van der Waals surface area contributed by atoms with E-state index in [0.29, 0.717) is 15.3 Å². The third kappa shape index (κ3) is 4.28. The fourth-order valence-corrected chi connectivity index (χ4v) is 4.98. The van der Waals surface area contributed by atoms with E-state index in [1.807, 2.05) is 6.92 Å². The highest BCUT2D eigenvalue weighted by Gasteiger charge is 2.27. The first-order chi connectivity index (χ1) is 8.66. The highest BCUT2D eigenvalue weighted by atomic mass is 79.9. The van der Waals surface area contributed by atoms with Crippen LogP contribution in [0.25, 0.3) is 0 Å². The van der Waals surface area contributed by atoms with Crippen LogP contribution in [0, 0.1) is 5.92 Å². The molecule has 6 heteroatoms. The van der Waals surface area contributed by atoms with Gasteiger partial charge in [0.05, 0.1) is 4.90 Å². The zero-order chi connectivity index (χ0) is 14.8. The molecule has 0 spiro atoms. The van der Waals surface area contributed by atoms with E-state index in [1.54, 1.807) is 25.2 Å². The summed E-state index contributed by atoms with van der Waals surface area (Å²) in [5, 5.41) is 0. The fourth-order valence-electron chi connectivity index (χ4n) is 1.91. The van der Waals surface area contributed by atoms with Gasteiger partial charge in [-0.25, -0.2) is 8.42 Å². The van der Waals surface area contributed by atoms with E-state index in [1.165, 1.54) is 4.31 Å². The molecule has 0 N–H and O–H groups in total. The van der Waals surface area contributed by atoms with Gasteiger partial charge in [0.15, 0.2) is 0 Å². The Balaban J connectivity index is 3.09. The predicted molar refractivity (Wildman–Crippen MR) is 85.7 cm³/mol. The second kappa shape index (κ2) is 6.70. The number of benzene rings is 1. The molecule has 0 aliphatic rings. The van der Waals surface area contributed by atoms with Gasteiger partial charge in [0.2, 0.25) is 10.0 Å². The van der Waals surface area contributed by atoms with Gasteiger partial charge in [0.1, 0.15) is 0 Å². The maximum atomic E-state index is 12.6. The summed E-state index contributed by atoms with van der Waals surface area (Å²) in [7, 11) is -1.83. The van der Waals surface area contributed by atoms with Crippen molar-refractivity contribution in [3.8, 4) is 0 Å². The van der Waals surface area contributed by atoms with Crippen molar-refractivity contribution in [2.24, 2.45) is 5.92 Å². The Morgan fingerprint density at radius 3 is 2.26 bits per heavy atom. The maximum Gasteiger partial charge on any atom is 0.244 e. The monoisotopic (exact) mass is 411 g/mol. The molecular formula is C13H19Br2NO2S. The van der Waals surface area contributed by atoms with Crippen LogP contribution in [-0.2, 0) is 10.0 Å². The Labute approximate surface area is 132 Å². The molecule has 0 aromatic heterocycles. The van der Waals surface area contributed by atoms with Gasteiger partial charge in [0, 0.05) is 22.0 Å². The number of hydrogen-bond acceptors (Lipinski definition) is 2. The molecule has 0 saturated heterocycles. The molecule has 0 bridgehead atoms. The van der Waals surface area contributed by atoms with Crippen molar-refractivity contribution in [3.63, 3.8) is 0 Å². The van der Waals surface area contributed by atoms with E-state index in [0.717, 1.165) is 10.9 Å². The first-order valence-corrected chi connectivity index (χ1v) is 9.12. The zero-order valence-corrected chi connectivity index (χ0v) is 15.5. The van der Waals surface area contributed by atoms with Gasteiger partial charge >= 0.3 is 0 Å². The lowest BCUT2D eigenvalue weighted by Gasteiger charge is -2.26. The molecule has 19 heavy (non-hydrogen) atoms. The van der Waals surface area contributed by atoms with Crippen LogP contribution in [0.3, 0.4) is 0 Å². The van der Waals surface area contributed by atoms with E-state index >= 15 is 0 Å². The van der Waals surface area contributed by atoms with Crippen molar-refractivity contribution in [1.82, 2.24) is 4.31 Å². The molecular weight excluding hydrogens is 394 g/mol. The molecule has 0 saturated carbocycles. The molecule has 3 nitrogen and oxygen atoms in total. The molecule has 0 radical (unpaired) electrons. The van der Waals surface area contributed by atoms with Gasteiger partial charge in [-0.15, -0.1) is 0 Å². The van der Waals surface area contributed by atoms with Gasteiger partial charge in [-0.3, -0.25) is 0 Å². The summed E-state index contributed by atoms with van der Waals surface area (Å²) in [6.45, 7) is 6.11. The van der Waals surface area contributed by atoms with Crippen LogP contribution >= 0.6 is 31.9 Å². The van der Waals surface area contributed by atoms with Crippen molar-refractivity contribution in [1.29, 1.82) is 0 Å². The molecule has 1 aromatic carbocycles. The highest BCUT2D eigenvalue weighted by Crippen LogP contribution is 2.29. The van der Waals surface area contributed by atoms with Crippen LogP contribution in [0.2, 0.25) is 0 Å². The van der Waals surface area contributed by atoms with Crippen molar-refractivity contribution >= 4 is 41.9 Å². The molecule has 0 heterocycles. The average Bonchev–Trinajstić information content (AvgIpc) is 2.26. The lowest BCUT2D eigenvalue weighted by Crippen LogP contribution is -2.36. The van der Waals surface area contributed by atoms with Crippen molar-refractivity contribution < 1.29 is 8.42 Å². The standard InChI is InChI=1S/C13H19Br2NO2S/c1-9(2)7-10(3)16(4)19(17,18)13-6-5-11(14)8-12(13)15/h5-6,8-10H,7H2,1-4H3. The van der Waals surface area contributed by atoms with Gasteiger partial charge in [-0.1, -0.05) is 29.8 Å². The second-order valence-electron chi connectivity index (χ2n) is 5.07. The van der Waals surface area contributed by atoms with E-state index in [2.05, 4.69) is 45.7 Å². The minimum absolute atomic E-state index is 0.0273. The smallest absolute Gasteiger partial charge is 0.207 e. The van der Waals surface area contributed by atoms with E-state index in [9.17, 15) is 8.42 Å². The molecule has 108 valence electrons. The quantitative estimate of drug-likeness (QED) is 0.724. The summed E-state index contributed by atoms with van der Waals surface area (Å²) in [4.78, 5) is 0.300. The number of nitrogens with zero attached hydrogens (tertiary/aromatic N) is 1. The Morgan fingerprint density at radius 1 is 1.21 bits per heavy atom. The van der Waals surface area contributed by atoms with E-state index < -0.39 is 10.0 Å². The SMILES string of the molecule is CC(C)CC(C)N(C)S(=O)(=O)c1ccc(Br)cc1Br. The normalized spacial score (nSPS) is 14.1. The van der Waals surface area contributed by atoms with Crippen LogP contribution in [-0.4, -0.2) is 25.8 Å². The lowest BCUT2D eigenvalue weighted by atomic mass is 10.1. The zero-order valence-electron chi connectivity index (χ0n) is 11.5. The van der Waals surface area contributed by atoms with Crippen LogP contribution in [0.15, 0.2) is 32.0 Å². The number of rotatable bonds is 5. The fraction of sp³-hybridized carbons (Fsp3) is 0.538. The number of halogens is 2. The summed E-state index contributed by atoms with van der Waals surface area (Å²) < 4.78 is 28.0. The Bertz CT molecular complexity index is 544. The van der Waals surface area contributed by atoms with Crippen molar-refractivity contribution in [2.75, 3.05) is 7.05 Å². The van der Waals surface area contributed by atoms with Crippen molar-refractivity contribution in [2.45, 2.75) is 38.1 Å². The molecule has 0 aliphatic heterocycles.